The Hall–Kier alpha value is -3.48. The van der Waals surface area contributed by atoms with Gasteiger partial charge in [0, 0.05) is 18.0 Å². The van der Waals surface area contributed by atoms with E-state index in [2.05, 4.69) is 16.5 Å². The Morgan fingerprint density at radius 2 is 1.82 bits per heavy atom. The first-order valence-corrected chi connectivity index (χ1v) is 9.02. The lowest BCUT2D eigenvalue weighted by Crippen LogP contribution is -2.17. The van der Waals surface area contributed by atoms with Gasteiger partial charge in [0.05, 0.1) is 0 Å². The predicted molar refractivity (Wildman–Crippen MR) is 104 cm³/mol. The van der Waals surface area contributed by atoms with Crippen LogP contribution in [0.2, 0.25) is 0 Å². The van der Waals surface area contributed by atoms with Gasteiger partial charge in [0.2, 0.25) is 0 Å². The molecule has 1 aliphatic heterocycles. The topological polar surface area (TPSA) is 74.6 Å². The minimum Gasteiger partial charge on any atom is -0.486 e. The monoisotopic (exact) mass is 379 g/mol. The summed E-state index contributed by atoms with van der Waals surface area (Å²) < 4.78 is 18.4. The van der Waals surface area contributed by atoms with Crippen molar-refractivity contribution in [3.63, 3.8) is 0 Å². The number of aryl methyl sites for hydroxylation is 2. The number of carbonyl (C=O) groups is 1. The molecule has 2 aromatic carbocycles. The first-order chi connectivity index (χ1) is 13.6. The summed E-state index contributed by atoms with van der Waals surface area (Å²) in [5.41, 5.74) is 3.19. The largest absolute Gasteiger partial charge is 0.486 e. The zero-order chi connectivity index (χ0) is 19.5. The molecule has 0 fully saturated rings. The Morgan fingerprint density at radius 3 is 2.61 bits per heavy atom. The van der Waals surface area contributed by atoms with Gasteiger partial charge >= 0.3 is 0 Å². The number of rotatable bonds is 5. The van der Waals surface area contributed by atoms with Crippen molar-refractivity contribution >= 4 is 11.6 Å². The van der Waals surface area contributed by atoms with E-state index in [4.69, 9.17) is 14.2 Å². The van der Waals surface area contributed by atoms with Crippen LogP contribution in [0.25, 0.3) is 0 Å². The summed E-state index contributed by atoms with van der Waals surface area (Å²) in [7, 11) is 0. The number of carbonyl (C=O) groups excluding carboxylic acids is 1. The lowest BCUT2D eigenvalue weighted by Gasteiger charge is -2.18. The maximum Gasteiger partial charge on any atom is 0.276 e. The fourth-order valence-corrected chi connectivity index (χ4v) is 3.03. The molecular weight excluding hydrogens is 358 g/mol. The summed E-state index contributed by atoms with van der Waals surface area (Å²) in [5.74, 6) is 1.77. The van der Waals surface area contributed by atoms with E-state index in [1.54, 1.807) is 35.1 Å². The standard InChI is InChI=1S/C21H21N3O4/c1-14-9-15(2)11-17(10-14)28-13-24-6-5-18(23-24)21(25)22-16-3-4-19-20(12-16)27-8-7-26-19/h3-6,9-12H,7-8,13H2,1-2H3,(H,22,25). The molecule has 7 heteroatoms. The van der Waals surface area contributed by atoms with Gasteiger partial charge in [-0.1, -0.05) is 6.07 Å². The van der Waals surface area contributed by atoms with E-state index in [0.717, 1.165) is 16.9 Å². The van der Waals surface area contributed by atoms with Gasteiger partial charge in [-0.25, -0.2) is 4.68 Å². The number of hydrogen-bond donors (Lipinski definition) is 1. The molecular formula is C21H21N3O4. The Balaban J connectivity index is 1.39. The van der Waals surface area contributed by atoms with Crippen molar-refractivity contribution in [2.24, 2.45) is 0 Å². The normalized spacial score (nSPS) is 12.5. The van der Waals surface area contributed by atoms with Crippen LogP contribution in [0.3, 0.4) is 0 Å². The quantitative estimate of drug-likeness (QED) is 0.734. The van der Waals surface area contributed by atoms with E-state index in [-0.39, 0.29) is 12.6 Å². The molecule has 0 saturated heterocycles. The summed E-state index contributed by atoms with van der Waals surface area (Å²) in [4.78, 5) is 12.5. The number of fused-ring (bicyclic) bond motifs is 1. The molecule has 1 aromatic heterocycles. The van der Waals surface area contributed by atoms with Gasteiger partial charge in [-0.2, -0.15) is 5.10 Å². The molecule has 0 unspecified atom stereocenters. The molecule has 0 spiro atoms. The van der Waals surface area contributed by atoms with Crippen molar-refractivity contribution in [2.45, 2.75) is 20.6 Å². The second-order valence-corrected chi connectivity index (χ2v) is 6.65. The first-order valence-electron chi connectivity index (χ1n) is 9.02. The third-order valence-electron chi connectivity index (χ3n) is 4.23. The Bertz CT molecular complexity index is 992. The van der Waals surface area contributed by atoms with E-state index in [0.29, 0.717) is 36.1 Å². The Labute approximate surface area is 162 Å². The van der Waals surface area contributed by atoms with E-state index >= 15 is 0 Å². The minimum atomic E-state index is -0.304. The fraction of sp³-hybridized carbons (Fsp3) is 0.238. The van der Waals surface area contributed by atoms with E-state index in [1.807, 2.05) is 26.0 Å². The van der Waals surface area contributed by atoms with Crippen LogP contribution in [-0.4, -0.2) is 28.9 Å². The summed E-state index contributed by atoms with van der Waals surface area (Å²) in [6.07, 6.45) is 1.71. The van der Waals surface area contributed by atoms with Crippen molar-refractivity contribution in [3.8, 4) is 17.2 Å². The molecule has 0 bridgehead atoms. The summed E-state index contributed by atoms with van der Waals surface area (Å²) in [5, 5.41) is 7.10. The van der Waals surface area contributed by atoms with Gasteiger partial charge in [-0.05, 0) is 55.3 Å². The van der Waals surface area contributed by atoms with Crippen LogP contribution < -0.4 is 19.5 Å². The number of anilines is 1. The molecule has 0 atom stereocenters. The second kappa shape index (κ2) is 7.64. The van der Waals surface area contributed by atoms with E-state index < -0.39 is 0 Å². The zero-order valence-electron chi connectivity index (χ0n) is 15.8. The lowest BCUT2D eigenvalue weighted by molar-refractivity contribution is 0.102. The molecule has 1 N–H and O–H groups in total. The van der Waals surface area contributed by atoms with Crippen LogP contribution >= 0.6 is 0 Å². The van der Waals surface area contributed by atoms with Crippen molar-refractivity contribution in [1.29, 1.82) is 0 Å². The van der Waals surface area contributed by atoms with Gasteiger partial charge in [0.25, 0.3) is 5.91 Å². The van der Waals surface area contributed by atoms with Crippen LogP contribution in [-0.2, 0) is 6.73 Å². The van der Waals surface area contributed by atoms with Gasteiger partial charge in [0.15, 0.2) is 23.9 Å². The second-order valence-electron chi connectivity index (χ2n) is 6.65. The van der Waals surface area contributed by atoms with Crippen LogP contribution in [0.15, 0.2) is 48.7 Å². The SMILES string of the molecule is Cc1cc(C)cc(OCn2ccc(C(=O)Nc3ccc4c(c3)OCCO4)n2)c1. The molecule has 0 aliphatic carbocycles. The molecule has 3 aromatic rings. The third-order valence-corrected chi connectivity index (χ3v) is 4.23. The molecule has 0 saturated carbocycles. The van der Waals surface area contributed by atoms with Crippen molar-refractivity contribution in [1.82, 2.24) is 9.78 Å². The highest BCUT2D eigenvalue weighted by molar-refractivity contribution is 6.02. The third kappa shape index (κ3) is 4.09. The average molecular weight is 379 g/mol. The van der Waals surface area contributed by atoms with Crippen molar-refractivity contribution in [2.75, 3.05) is 18.5 Å². The number of nitrogens with zero attached hydrogens (tertiary/aromatic N) is 2. The lowest BCUT2D eigenvalue weighted by atomic mass is 10.1. The first kappa shape index (κ1) is 17.9. The summed E-state index contributed by atoms with van der Waals surface area (Å²) in [6, 6.07) is 13.0. The Morgan fingerprint density at radius 1 is 1.07 bits per heavy atom. The van der Waals surface area contributed by atoms with Gasteiger partial charge in [-0.15, -0.1) is 0 Å². The van der Waals surface area contributed by atoms with Crippen molar-refractivity contribution in [3.05, 3.63) is 65.5 Å². The molecule has 4 rings (SSSR count). The van der Waals surface area contributed by atoms with Crippen LogP contribution in [0.1, 0.15) is 21.6 Å². The van der Waals surface area contributed by atoms with Gasteiger partial charge in [0.1, 0.15) is 19.0 Å². The smallest absolute Gasteiger partial charge is 0.276 e. The molecule has 7 nitrogen and oxygen atoms in total. The number of amides is 1. The molecule has 1 aliphatic rings. The van der Waals surface area contributed by atoms with Crippen molar-refractivity contribution < 1.29 is 19.0 Å². The number of benzene rings is 2. The molecule has 28 heavy (non-hydrogen) atoms. The molecule has 0 radical (unpaired) electrons. The maximum atomic E-state index is 12.5. The number of aromatic nitrogens is 2. The molecule has 2 heterocycles. The summed E-state index contributed by atoms with van der Waals surface area (Å²) in [6.45, 7) is 5.29. The number of ether oxygens (including phenoxy) is 3. The molecule has 1 amide bonds. The number of hydrogen-bond acceptors (Lipinski definition) is 5. The van der Waals surface area contributed by atoms with Gasteiger partial charge < -0.3 is 19.5 Å². The van der Waals surface area contributed by atoms with Gasteiger partial charge in [-0.3, -0.25) is 4.79 Å². The average Bonchev–Trinajstić information content (AvgIpc) is 3.15. The number of nitrogens with one attached hydrogen (secondary N) is 1. The molecule has 144 valence electrons. The Kier molecular flexibility index (Phi) is 4.89. The summed E-state index contributed by atoms with van der Waals surface area (Å²) >= 11 is 0. The fourth-order valence-electron chi connectivity index (χ4n) is 3.03. The zero-order valence-corrected chi connectivity index (χ0v) is 15.8. The maximum absolute atomic E-state index is 12.5. The van der Waals surface area contributed by atoms with Crippen LogP contribution in [0.4, 0.5) is 5.69 Å². The predicted octanol–water partition coefficient (Wildman–Crippen LogP) is 3.56. The highest BCUT2D eigenvalue weighted by atomic mass is 16.6. The van der Waals surface area contributed by atoms with E-state index in [1.165, 1.54) is 0 Å². The van der Waals surface area contributed by atoms with Crippen LogP contribution in [0.5, 0.6) is 17.2 Å². The highest BCUT2D eigenvalue weighted by Crippen LogP contribution is 2.32. The minimum absolute atomic E-state index is 0.222. The van der Waals surface area contributed by atoms with Crippen LogP contribution in [0, 0.1) is 13.8 Å². The highest BCUT2D eigenvalue weighted by Gasteiger charge is 2.14. The van der Waals surface area contributed by atoms with E-state index in [9.17, 15) is 4.79 Å².